The Morgan fingerprint density at radius 1 is 1.39 bits per heavy atom. The molecule has 1 saturated heterocycles. The van der Waals surface area contributed by atoms with Gasteiger partial charge in [-0.15, -0.1) is 11.3 Å². The van der Waals surface area contributed by atoms with Crippen molar-refractivity contribution in [3.8, 4) is 0 Å². The van der Waals surface area contributed by atoms with E-state index < -0.39 is 9.71 Å². The summed E-state index contributed by atoms with van der Waals surface area (Å²) >= 11 is 13.4. The van der Waals surface area contributed by atoms with Crippen LogP contribution in [-0.2, 0) is 15.1 Å². The smallest absolute Gasteiger partial charge is 0.253 e. The van der Waals surface area contributed by atoms with Gasteiger partial charge in [-0.2, -0.15) is 0 Å². The van der Waals surface area contributed by atoms with Crippen LogP contribution in [0.15, 0.2) is 24.3 Å². The molecule has 1 unspecified atom stereocenters. The third-order valence-corrected chi connectivity index (χ3v) is 9.92. The predicted molar refractivity (Wildman–Crippen MR) is 133 cm³/mol. The summed E-state index contributed by atoms with van der Waals surface area (Å²) in [5.74, 6) is 4.35. The molecule has 2 aromatic heterocycles. The van der Waals surface area contributed by atoms with E-state index in [0.717, 1.165) is 30.7 Å². The Kier molecular flexibility index (Phi) is 7.75. The quantitative estimate of drug-likeness (QED) is 0.545. The fourth-order valence-electron chi connectivity index (χ4n) is 4.30. The van der Waals surface area contributed by atoms with Gasteiger partial charge >= 0.3 is 0 Å². The largest absolute Gasteiger partial charge is 0.349 e. The molecule has 1 amide bonds. The summed E-state index contributed by atoms with van der Waals surface area (Å²) in [6.07, 6.45) is 2.28. The van der Waals surface area contributed by atoms with Gasteiger partial charge in [0.05, 0.1) is 9.90 Å². The second kappa shape index (κ2) is 9.79. The zero-order valence-electron chi connectivity index (χ0n) is 18.1. The van der Waals surface area contributed by atoms with Crippen molar-refractivity contribution in [1.29, 1.82) is 0 Å². The summed E-state index contributed by atoms with van der Waals surface area (Å²) < 4.78 is 15.9. The van der Waals surface area contributed by atoms with Gasteiger partial charge in [0.2, 0.25) is 0 Å². The van der Waals surface area contributed by atoms with E-state index in [0.29, 0.717) is 33.1 Å². The van der Waals surface area contributed by atoms with E-state index in [2.05, 4.69) is 11.2 Å². The molecule has 0 radical (unpaired) electrons. The number of carbonyl (C=O) groups is 1. The van der Waals surface area contributed by atoms with Gasteiger partial charge in [-0.05, 0) is 57.2 Å². The molecule has 31 heavy (non-hydrogen) atoms. The molecule has 0 aliphatic carbocycles. The summed E-state index contributed by atoms with van der Waals surface area (Å²) in [6, 6.07) is 7.37. The second-order valence-corrected chi connectivity index (χ2v) is 12.9. The zero-order chi connectivity index (χ0) is 22.8. The van der Waals surface area contributed by atoms with Crippen molar-refractivity contribution in [2.45, 2.75) is 51.5 Å². The van der Waals surface area contributed by atoms with Gasteiger partial charge in [-0.3, -0.25) is 14.0 Å². The molecule has 0 bridgehead atoms. The summed E-state index contributed by atoms with van der Waals surface area (Å²) in [5, 5.41) is 3.14. The molecule has 5 nitrogen and oxygen atoms in total. The predicted octanol–water partition coefficient (Wildman–Crippen LogP) is 4.95. The number of carbonyl (C=O) groups excluding carboxylic acids is 1. The van der Waals surface area contributed by atoms with Crippen molar-refractivity contribution >= 4 is 56.0 Å². The van der Waals surface area contributed by atoms with Crippen LogP contribution in [0.4, 0.5) is 0 Å². The molecule has 0 spiro atoms. The van der Waals surface area contributed by atoms with Crippen LogP contribution in [0.2, 0.25) is 8.67 Å². The fourth-order valence-corrected chi connectivity index (χ4v) is 7.51. The van der Waals surface area contributed by atoms with Crippen LogP contribution >= 0.6 is 34.5 Å². The Bertz CT molecular complexity index is 1040. The van der Waals surface area contributed by atoms with E-state index >= 15 is 0 Å². The number of hydrogen-bond donors (Lipinski definition) is 1. The lowest BCUT2D eigenvalue weighted by molar-refractivity contribution is 0.0894. The third-order valence-electron chi connectivity index (χ3n) is 6.08. The SMILES string of the molecule is C=S(=O)(CCC)N1CCC(c2cccc(C)n2)([C@H](C)NC(=O)c2cc(Cl)sc2Cl)CC1. The maximum absolute atomic E-state index is 13.0. The Morgan fingerprint density at radius 2 is 2.06 bits per heavy atom. The van der Waals surface area contributed by atoms with Gasteiger partial charge in [0, 0.05) is 51.4 Å². The van der Waals surface area contributed by atoms with E-state index in [1.54, 1.807) is 6.07 Å². The van der Waals surface area contributed by atoms with E-state index in [4.69, 9.17) is 28.2 Å². The van der Waals surface area contributed by atoms with Crippen molar-refractivity contribution in [1.82, 2.24) is 14.6 Å². The van der Waals surface area contributed by atoms with E-state index in [1.165, 1.54) is 11.3 Å². The van der Waals surface area contributed by atoms with Crippen LogP contribution < -0.4 is 5.32 Å². The van der Waals surface area contributed by atoms with Crippen molar-refractivity contribution < 1.29 is 9.00 Å². The van der Waals surface area contributed by atoms with Crippen LogP contribution in [0, 0.1) is 6.92 Å². The summed E-state index contributed by atoms with van der Waals surface area (Å²) in [6.45, 7) is 7.28. The average Bonchev–Trinajstić information content (AvgIpc) is 3.06. The van der Waals surface area contributed by atoms with Gasteiger partial charge in [0.1, 0.15) is 4.34 Å². The average molecular weight is 503 g/mol. The molecule has 2 aromatic rings. The number of aryl methyl sites for hydroxylation is 1. The van der Waals surface area contributed by atoms with Crippen molar-refractivity contribution in [3.63, 3.8) is 0 Å². The first-order valence-electron chi connectivity index (χ1n) is 10.4. The number of halogens is 2. The lowest BCUT2D eigenvalue weighted by atomic mass is 9.70. The molecule has 1 aliphatic heterocycles. The summed E-state index contributed by atoms with van der Waals surface area (Å²) in [4.78, 5) is 17.8. The number of nitrogens with one attached hydrogen (secondary N) is 1. The molecule has 3 rings (SSSR count). The minimum Gasteiger partial charge on any atom is -0.349 e. The monoisotopic (exact) mass is 501 g/mol. The number of rotatable bonds is 7. The molecule has 1 N–H and O–H groups in total. The Hall–Kier alpha value is -1.12. The van der Waals surface area contributed by atoms with Crippen LogP contribution in [0.3, 0.4) is 0 Å². The molecule has 1 fully saturated rings. The lowest BCUT2D eigenvalue weighted by Crippen LogP contribution is -2.55. The number of thiophene rings is 1. The van der Waals surface area contributed by atoms with Gasteiger partial charge in [-0.1, -0.05) is 36.2 Å². The Labute approximate surface area is 199 Å². The first-order chi connectivity index (χ1) is 14.6. The zero-order valence-corrected chi connectivity index (χ0v) is 21.3. The first kappa shape index (κ1) is 24.5. The van der Waals surface area contributed by atoms with Crippen LogP contribution in [0.25, 0.3) is 0 Å². The first-order valence-corrected chi connectivity index (χ1v) is 13.8. The highest BCUT2D eigenvalue weighted by molar-refractivity contribution is 7.98. The lowest BCUT2D eigenvalue weighted by Gasteiger charge is -2.46. The maximum atomic E-state index is 13.0. The van der Waals surface area contributed by atoms with E-state index in [-0.39, 0.29) is 17.4 Å². The highest BCUT2D eigenvalue weighted by atomic mass is 35.5. The maximum Gasteiger partial charge on any atom is 0.253 e. The molecular weight excluding hydrogens is 473 g/mol. The van der Waals surface area contributed by atoms with Crippen molar-refractivity contribution in [2.24, 2.45) is 0 Å². The molecule has 2 atom stereocenters. The highest BCUT2D eigenvalue weighted by Crippen LogP contribution is 2.39. The van der Waals surface area contributed by atoms with Gasteiger partial charge in [0.25, 0.3) is 5.91 Å². The summed E-state index contributed by atoms with van der Waals surface area (Å²) in [7, 11) is -2.27. The van der Waals surface area contributed by atoms with Crippen molar-refractivity contribution in [2.75, 3.05) is 18.8 Å². The fraction of sp³-hybridized carbons (Fsp3) is 0.500. The molecule has 1 aliphatic rings. The molecule has 3 heterocycles. The number of amides is 1. The van der Waals surface area contributed by atoms with E-state index in [9.17, 15) is 9.00 Å². The number of hydrogen-bond acceptors (Lipinski definition) is 4. The number of piperidine rings is 1. The van der Waals surface area contributed by atoms with Crippen LogP contribution in [-0.4, -0.2) is 50.2 Å². The topological polar surface area (TPSA) is 62.3 Å². The number of aromatic nitrogens is 1. The third kappa shape index (κ3) is 5.28. The van der Waals surface area contributed by atoms with E-state index in [1.807, 2.05) is 43.3 Å². The molecule has 9 heteroatoms. The molecule has 0 aromatic carbocycles. The molecule has 170 valence electrons. The molecule has 0 saturated carbocycles. The van der Waals surface area contributed by atoms with Crippen LogP contribution in [0.5, 0.6) is 0 Å². The summed E-state index contributed by atoms with van der Waals surface area (Å²) in [5.41, 5.74) is 1.88. The van der Waals surface area contributed by atoms with Crippen LogP contribution in [0.1, 0.15) is 54.9 Å². The molecular formula is C22H29Cl2N3O2S2. The number of nitrogens with zero attached hydrogens (tertiary/aromatic N) is 2. The Balaban J connectivity index is 1.89. The van der Waals surface area contributed by atoms with Gasteiger partial charge in [-0.25, -0.2) is 4.31 Å². The minimum atomic E-state index is -2.27. The van der Waals surface area contributed by atoms with Gasteiger partial charge in [0.15, 0.2) is 0 Å². The second-order valence-electron chi connectivity index (χ2n) is 8.16. The Morgan fingerprint density at radius 3 is 2.61 bits per heavy atom. The van der Waals surface area contributed by atoms with Gasteiger partial charge < -0.3 is 5.32 Å². The standard InChI is InChI=1S/C22H29Cl2N3O2S2/c1-5-13-31(4,29)27-11-9-22(10-12-27,18-8-6-7-15(2)25-18)16(3)26-21(28)17-14-19(23)30-20(17)24/h6-8,14,16H,4-5,9-13H2,1-3H3,(H,26,28)/t16-,31?/m0/s1. The number of pyridine rings is 1. The highest BCUT2D eigenvalue weighted by Gasteiger charge is 2.44. The minimum absolute atomic E-state index is 0.210. The normalized spacial score (nSPS) is 19.5. The van der Waals surface area contributed by atoms with Crippen molar-refractivity contribution in [3.05, 3.63) is 49.9 Å².